The van der Waals surface area contributed by atoms with Crippen molar-refractivity contribution in [3.63, 3.8) is 0 Å². The van der Waals surface area contributed by atoms with E-state index >= 15 is 0 Å². The molecule has 0 aromatic heterocycles. The lowest BCUT2D eigenvalue weighted by molar-refractivity contribution is -0.118. The van der Waals surface area contributed by atoms with E-state index in [9.17, 15) is 13.2 Å². The van der Waals surface area contributed by atoms with Gasteiger partial charge in [-0.05, 0) is 54.3 Å². The van der Waals surface area contributed by atoms with Crippen molar-refractivity contribution in [2.45, 2.75) is 26.3 Å². The van der Waals surface area contributed by atoms with E-state index in [1.165, 1.54) is 5.41 Å². The summed E-state index contributed by atoms with van der Waals surface area (Å²) in [6, 6.07) is 13.1. The Hall–Kier alpha value is -1.96. The Labute approximate surface area is 168 Å². The van der Waals surface area contributed by atoms with Crippen molar-refractivity contribution in [1.82, 2.24) is 4.72 Å². The summed E-state index contributed by atoms with van der Waals surface area (Å²) < 4.78 is 27.9. The molecule has 0 radical (unpaired) electrons. The maximum absolute atomic E-state index is 12.2. The van der Waals surface area contributed by atoms with Crippen LogP contribution in [0.2, 0.25) is 0 Å². The van der Waals surface area contributed by atoms with Gasteiger partial charge in [-0.3, -0.25) is 4.79 Å². The van der Waals surface area contributed by atoms with Gasteiger partial charge in [0.25, 0.3) is 0 Å². The van der Waals surface area contributed by atoms with Gasteiger partial charge in [0.2, 0.25) is 15.9 Å². The van der Waals surface area contributed by atoms with Crippen LogP contribution in [0.3, 0.4) is 0 Å². The number of hydrogen-bond acceptors (Lipinski definition) is 3. The summed E-state index contributed by atoms with van der Waals surface area (Å²) in [4.78, 5) is 13.7. The largest absolute Gasteiger partial charge is 0.312 e. The van der Waals surface area contributed by atoms with E-state index in [1.807, 2.05) is 49.4 Å². The molecule has 0 saturated heterocycles. The van der Waals surface area contributed by atoms with Gasteiger partial charge in [-0.15, -0.1) is 0 Å². The number of aryl methyl sites for hydroxylation is 1. The number of sulfonamides is 1. The minimum absolute atomic E-state index is 0.135. The van der Waals surface area contributed by atoms with Gasteiger partial charge in [0.15, 0.2) is 0 Å². The number of hydrogen-bond donors (Lipinski definition) is 1. The van der Waals surface area contributed by atoms with E-state index in [0.717, 1.165) is 26.9 Å². The van der Waals surface area contributed by atoms with E-state index in [0.29, 0.717) is 19.4 Å². The van der Waals surface area contributed by atoms with Crippen molar-refractivity contribution in [3.05, 3.63) is 69.0 Å². The number of anilines is 1. The average molecular weight is 449 g/mol. The zero-order valence-corrected chi connectivity index (χ0v) is 17.4. The molecule has 1 amide bonds. The van der Waals surface area contributed by atoms with Crippen molar-refractivity contribution < 1.29 is 13.2 Å². The summed E-state index contributed by atoms with van der Waals surface area (Å²) in [5.74, 6) is 0.135. The van der Waals surface area contributed by atoms with Crippen molar-refractivity contribution in [3.8, 4) is 0 Å². The van der Waals surface area contributed by atoms with Crippen LogP contribution >= 0.6 is 15.9 Å². The molecular formula is C20H21BrN2O3S. The second-order valence-corrected chi connectivity index (χ2v) is 8.89. The standard InChI is InChI=1S/C20H21BrN2O3S/c1-2-23-19-8-6-16(12-17(19)7-9-20(23)24)14-22-27(25,26)11-10-15-4-3-5-18(21)13-15/h3-6,8,10-13,22H,2,7,9,14H2,1H3/b11-10+. The molecular weight excluding hydrogens is 428 g/mol. The molecule has 7 heteroatoms. The maximum Gasteiger partial charge on any atom is 0.234 e. The van der Waals surface area contributed by atoms with Crippen LogP contribution in [-0.4, -0.2) is 20.9 Å². The van der Waals surface area contributed by atoms with Crippen LogP contribution in [0.15, 0.2) is 52.3 Å². The molecule has 0 aliphatic carbocycles. The molecule has 1 heterocycles. The van der Waals surface area contributed by atoms with Crippen molar-refractivity contribution >= 4 is 43.6 Å². The lowest BCUT2D eigenvalue weighted by atomic mass is 9.99. The maximum atomic E-state index is 12.2. The molecule has 0 atom stereocenters. The molecule has 0 spiro atoms. The number of amides is 1. The highest BCUT2D eigenvalue weighted by Gasteiger charge is 2.22. The fraction of sp³-hybridized carbons (Fsp3) is 0.250. The van der Waals surface area contributed by atoms with Crippen LogP contribution in [0, 0.1) is 0 Å². The second-order valence-electron chi connectivity index (χ2n) is 6.32. The van der Waals surface area contributed by atoms with E-state index in [1.54, 1.807) is 11.0 Å². The van der Waals surface area contributed by atoms with Crippen LogP contribution in [0.4, 0.5) is 5.69 Å². The van der Waals surface area contributed by atoms with E-state index in [4.69, 9.17) is 0 Å². The van der Waals surface area contributed by atoms with Gasteiger partial charge in [-0.25, -0.2) is 13.1 Å². The van der Waals surface area contributed by atoms with Crippen molar-refractivity contribution in [2.75, 3.05) is 11.4 Å². The van der Waals surface area contributed by atoms with Gasteiger partial charge in [-0.2, -0.15) is 0 Å². The Morgan fingerprint density at radius 1 is 1.19 bits per heavy atom. The molecule has 1 aliphatic heterocycles. The first-order valence-electron chi connectivity index (χ1n) is 8.73. The number of nitrogens with one attached hydrogen (secondary N) is 1. The third kappa shape index (κ3) is 5.06. The van der Waals surface area contributed by atoms with E-state index in [2.05, 4.69) is 20.7 Å². The van der Waals surface area contributed by atoms with Crippen LogP contribution < -0.4 is 9.62 Å². The Morgan fingerprint density at radius 2 is 2.00 bits per heavy atom. The third-order valence-corrected chi connectivity index (χ3v) is 5.96. The molecule has 0 unspecified atom stereocenters. The van der Waals surface area contributed by atoms with Crippen LogP contribution in [0.1, 0.15) is 30.0 Å². The SMILES string of the molecule is CCN1C(=O)CCc2cc(CNS(=O)(=O)/C=C/c3cccc(Br)c3)ccc21. The van der Waals surface area contributed by atoms with Gasteiger partial charge in [0, 0.05) is 35.1 Å². The first kappa shape index (κ1) is 19.8. The lowest BCUT2D eigenvalue weighted by Gasteiger charge is -2.28. The molecule has 1 N–H and O–H groups in total. The summed E-state index contributed by atoms with van der Waals surface area (Å²) in [5.41, 5.74) is 3.68. The molecule has 0 fully saturated rings. The van der Waals surface area contributed by atoms with Gasteiger partial charge >= 0.3 is 0 Å². The van der Waals surface area contributed by atoms with Crippen molar-refractivity contribution in [1.29, 1.82) is 0 Å². The van der Waals surface area contributed by atoms with E-state index in [-0.39, 0.29) is 12.5 Å². The number of fused-ring (bicyclic) bond motifs is 1. The Morgan fingerprint density at radius 3 is 2.74 bits per heavy atom. The molecule has 2 aromatic rings. The summed E-state index contributed by atoms with van der Waals surface area (Å²) in [6.45, 7) is 2.80. The predicted molar refractivity (Wildman–Crippen MR) is 112 cm³/mol. The summed E-state index contributed by atoms with van der Waals surface area (Å²) >= 11 is 3.36. The molecule has 1 aliphatic rings. The molecule has 5 nitrogen and oxygen atoms in total. The minimum Gasteiger partial charge on any atom is -0.312 e. The number of nitrogens with zero attached hydrogens (tertiary/aromatic N) is 1. The van der Waals surface area contributed by atoms with Gasteiger partial charge in [0.05, 0.1) is 0 Å². The van der Waals surface area contributed by atoms with Crippen LogP contribution in [0.5, 0.6) is 0 Å². The average Bonchev–Trinajstić information content (AvgIpc) is 2.65. The van der Waals surface area contributed by atoms with Crippen molar-refractivity contribution in [2.24, 2.45) is 0 Å². The fourth-order valence-electron chi connectivity index (χ4n) is 3.08. The Bertz CT molecular complexity index is 986. The number of carbonyl (C=O) groups is 1. The lowest BCUT2D eigenvalue weighted by Crippen LogP contribution is -2.34. The molecule has 0 saturated carbocycles. The molecule has 3 rings (SSSR count). The van der Waals surface area contributed by atoms with Gasteiger partial charge < -0.3 is 4.90 Å². The molecule has 27 heavy (non-hydrogen) atoms. The van der Waals surface area contributed by atoms with E-state index < -0.39 is 10.0 Å². The Balaban J connectivity index is 1.68. The fourth-order valence-corrected chi connectivity index (χ4v) is 4.30. The van der Waals surface area contributed by atoms with Crippen LogP contribution in [-0.2, 0) is 27.8 Å². The molecule has 2 aromatic carbocycles. The normalized spacial score (nSPS) is 14.6. The topological polar surface area (TPSA) is 66.5 Å². The first-order valence-corrected chi connectivity index (χ1v) is 11.1. The predicted octanol–water partition coefficient (Wildman–Crippen LogP) is 3.84. The smallest absolute Gasteiger partial charge is 0.234 e. The number of halogens is 1. The number of carbonyl (C=O) groups excluding carboxylic acids is 1. The number of rotatable bonds is 6. The molecule has 0 bridgehead atoms. The van der Waals surface area contributed by atoms with Gasteiger partial charge in [0.1, 0.15) is 0 Å². The first-order chi connectivity index (χ1) is 12.9. The Kier molecular flexibility index (Phi) is 6.14. The summed E-state index contributed by atoms with van der Waals surface area (Å²) in [5, 5.41) is 1.17. The van der Waals surface area contributed by atoms with Gasteiger partial charge in [-0.1, -0.05) is 40.2 Å². The zero-order chi connectivity index (χ0) is 19.4. The monoisotopic (exact) mass is 448 g/mol. The minimum atomic E-state index is -3.55. The quantitative estimate of drug-likeness (QED) is 0.729. The molecule has 142 valence electrons. The second kappa shape index (κ2) is 8.37. The summed E-state index contributed by atoms with van der Waals surface area (Å²) in [7, 11) is -3.55. The van der Waals surface area contributed by atoms with Crippen LogP contribution in [0.25, 0.3) is 6.08 Å². The highest BCUT2D eigenvalue weighted by Crippen LogP contribution is 2.28. The highest BCUT2D eigenvalue weighted by atomic mass is 79.9. The highest BCUT2D eigenvalue weighted by molar-refractivity contribution is 9.10. The number of benzene rings is 2. The third-order valence-electron chi connectivity index (χ3n) is 4.43. The zero-order valence-electron chi connectivity index (χ0n) is 15.0. The summed E-state index contributed by atoms with van der Waals surface area (Å²) in [6.07, 6.45) is 2.74.